The summed E-state index contributed by atoms with van der Waals surface area (Å²) in [6.45, 7) is 2.49. The van der Waals surface area contributed by atoms with E-state index in [0.717, 1.165) is 11.3 Å². The fraction of sp³-hybridized carbons (Fsp3) is 0.250. The summed E-state index contributed by atoms with van der Waals surface area (Å²) >= 11 is 0. The number of hydrogen-bond acceptors (Lipinski definition) is 5. The van der Waals surface area contributed by atoms with Gasteiger partial charge in [-0.1, -0.05) is 0 Å². The predicted octanol–water partition coefficient (Wildman–Crippen LogP) is 1.89. The standard InChI is InChI=1S/C12H12N4O/c1-9-5-11(6-13)15-12(14-9)16(2)7-10-3-4-17-8-10/h3-5,8H,7H2,1-2H3. The molecule has 5 nitrogen and oxygen atoms in total. The van der Waals surface area contributed by atoms with Crippen LogP contribution in [0.4, 0.5) is 5.95 Å². The first-order valence-electron chi connectivity index (χ1n) is 5.17. The van der Waals surface area contributed by atoms with E-state index in [-0.39, 0.29) is 0 Å². The van der Waals surface area contributed by atoms with Gasteiger partial charge in [-0.05, 0) is 19.1 Å². The highest BCUT2D eigenvalue weighted by molar-refractivity contribution is 5.35. The van der Waals surface area contributed by atoms with Crippen molar-refractivity contribution in [2.24, 2.45) is 0 Å². The van der Waals surface area contributed by atoms with Crippen LogP contribution in [0.25, 0.3) is 0 Å². The number of nitriles is 1. The van der Waals surface area contributed by atoms with Gasteiger partial charge in [0.25, 0.3) is 0 Å². The van der Waals surface area contributed by atoms with Crippen LogP contribution in [0.5, 0.6) is 0 Å². The molecule has 0 radical (unpaired) electrons. The highest BCUT2D eigenvalue weighted by atomic mass is 16.3. The molecule has 0 aliphatic rings. The monoisotopic (exact) mass is 228 g/mol. The highest BCUT2D eigenvalue weighted by Crippen LogP contribution is 2.12. The lowest BCUT2D eigenvalue weighted by atomic mass is 10.3. The lowest BCUT2D eigenvalue weighted by Crippen LogP contribution is -2.19. The smallest absolute Gasteiger partial charge is 0.226 e. The minimum Gasteiger partial charge on any atom is -0.472 e. The Kier molecular flexibility index (Phi) is 3.06. The van der Waals surface area contributed by atoms with Gasteiger partial charge in [-0.3, -0.25) is 0 Å². The van der Waals surface area contributed by atoms with Gasteiger partial charge in [0.1, 0.15) is 11.8 Å². The molecule has 0 aliphatic heterocycles. The third kappa shape index (κ3) is 2.61. The largest absolute Gasteiger partial charge is 0.472 e. The molecule has 0 amide bonds. The third-order valence-corrected chi connectivity index (χ3v) is 2.30. The van der Waals surface area contributed by atoms with Crippen molar-refractivity contribution >= 4 is 5.95 Å². The molecule has 0 bridgehead atoms. The molecule has 2 aromatic rings. The van der Waals surface area contributed by atoms with E-state index >= 15 is 0 Å². The number of rotatable bonds is 3. The Morgan fingerprint density at radius 2 is 2.29 bits per heavy atom. The molecule has 17 heavy (non-hydrogen) atoms. The average Bonchev–Trinajstić information content (AvgIpc) is 2.81. The highest BCUT2D eigenvalue weighted by Gasteiger charge is 2.08. The molecule has 0 unspecified atom stereocenters. The van der Waals surface area contributed by atoms with Crippen LogP contribution in [0.1, 0.15) is 17.0 Å². The molecule has 0 saturated heterocycles. The quantitative estimate of drug-likeness (QED) is 0.802. The molecule has 0 fully saturated rings. The van der Waals surface area contributed by atoms with Gasteiger partial charge < -0.3 is 9.32 Å². The minimum atomic E-state index is 0.381. The van der Waals surface area contributed by atoms with E-state index < -0.39 is 0 Å². The van der Waals surface area contributed by atoms with Gasteiger partial charge in [-0.25, -0.2) is 9.97 Å². The first-order valence-corrected chi connectivity index (χ1v) is 5.17. The van der Waals surface area contributed by atoms with Crippen molar-refractivity contribution in [2.45, 2.75) is 13.5 Å². The first-order chi connectivity index (χ1) is 8.19. The fourth-order valence-electron chi connectivity index (χ4n) is 1.51. The Morgan fingerprint density at radius 1 is 1.47 bits per heavy atom. The molecule has 86 valence electrons. The fourth-order valence-corrected chi connectivity index (χ4v) is 1.51. The minimum absolute atomic E-state index is 0.381. The molecule has 0 spiro atoms. The Hall–Kier alpha value is -2.35. The van der Waals surface area contributed by atoms with Crippen LogP contribution in [0, 0.1) is 18.3 Å². The Bertz CT molecular complexity index is 542. The van der Waals surface area contributed by atoms with Crippen molar-refractivity contribution in [2.75, 3.05) is 11.9 Å². The van der Waals surface area contributed by atoms with E-state index in [1.165, 1.54) is 0 Å². The van der Waals surface area contributed by atoms with Crippen LogP contribution in [0.2, 0.25) is 0 Å². The van der Waals surface area contributed by atoms with Crippen molar-refractivity contribution in [3.63, 3.8) is 0 Å². The second-order valence-electron chi connectivity index (χ2n) is 3.79. The summed E-state index contributed by atoms with van der Waals surface area (Å²) in [7, 11) is 1.88. The van der Waals surface area contributed by atoms with E-state index in [1.807, 2.05) is 31.0 Å². The number of hydrogen-bond donors (Lipinski definition) is 0. The Morgan fingerprint density at radius 3 is 2.94 bits per heavy atom. The number of nitrogens with zero attached hydrogens (tertiary/aromatic N) is 4. The van der Waals surface area contributed by atoms with Crippen molar-refractivity contribution in [1.29, 1.82) is 5.26 Å². The SMILES string of the molecule is Cc1cc(C#N)nc(N(C)Cc2ccoc2)n1. The summed E-state index contributed by atoms with van der Waals surface area (Å²) in [6.07, 6.45) is 3.30. The molecule has 0 aliphatic carbocycles. The molecule has 0 aromatic carbocycles. The van der Waals surface area contributed by atoms with Gasteiger partial charge in [-0.15, -0.1) is 0 Å². The summed E-state index contributed by atoms with van der Waals surface area (Å²) in [5.41, 5.74) is 2.20. The van der Waals surface area contributed by atoms with Crippen LogP contribution >= 0.6 is 0 Å². The lowest BCUT2D eigenvalue weighted by molar-refractivity contribution is 0.563. The summed E-state index contributed by atoms with van der Waals surface area (Å²) in [5.74, 6) is 0.544. The molecule has 2 heterocycles. The molecule has 0 atom stereocenters. The molecule has 5 heteroatoms. The normalized spacial score (nSPS) is 9.94. The molecule has 2 rings (SSSR count). The van der Waals surface area contributed by atoms with E-state index in [4.69, 9.17) is 9.68 Å². The predicted molar refractivity (Wildman–Crippen MR) is 62.3 cm³/mol. The van der Waals surface area contributed by atoms with Crippen molar-refractivity contribution in [3.8, 4) is 6.07 Å². The molecular formula is C12H12N4O. The lowest BCUT2D eigenvalue weighted by Gasteiger charge is -2.16. The van der Waals surface area contributed by atoms with Gasteiger partial charge in [0.2, 0.25) is 5.95 Å². The third-order valence-electron chi connectivity index (χ3n) is 2.30. The van der Waals surface area contributed by atoms with Gasteiger partial charge in [0, 0.05) is 24.8 Å². The molecular weight excluding hydrogens is 216 g/mol. The van der Waals surface area contributed by atoms with Gasteiger partial charge in [0.05, 0.1) is 12.5 Å². The number of anilines is 1. The molecule has 0 N–H and O–H groups in total. The van der Waals surface area contributed by atoms with Crippen LogP contribution in [-0.4, -0.2) is 17.0 Å². The molecule has 2 aromatic heterocycles. The van der Waals surface area contributed by atoms with Crippen molar-refractivity contribution in [3.05, 3.63) is 41.6 Å². The second-order valence-corrected chi connectivity index (χ2v) is 3.79. The van der Waals surface area contributed by atoms with Crippen molar-refractivity contribution < 1.29 is 4.42 Å². The second kappa shape index (κ2) is 4.66. The van der Waals surface area contributed by atoms with Crippen LogP contribution in [-0.2, 0) is 6.54 Å². The van der Waals surface area contributed by atoms with E-state index in [2.05, 4.69) is 9.97 Å². The maximum Gasteiger partial charge on any atom is 0.226 e. The number of furan rings is 1. The zero-order chi connectivity index (χ0) is 12.3. The van der Waals surface area contributed by atoms with Crippen molar-refractivity contribution in [1.82, 2.24) is 9.97 Å². The van der Waals surface area contributed by atoms with E-state index in [0.29, 0.717) is 18.2 Å². The van der Waals surface area contributed by atoms with Crippen LogP contribution in [0.3, 0.4) is 0 Å². The topological polar surface area (TPSA) is 66.0 Å². The van der Waals surface area contributed by atoms with Gasteiger partial charge in [-0.2, -0.15) is 5.26 Å². The maximum atomic E-state index is 8.85. The van der Waals surface area contributed by atoms with Gasteiger partial charge >= 0.3 is 0 Å². The zero-order valence-corrected chi connectivity index (χ0v) is 9.71. The van der Waals surface area contributed by atoms with E-state index in [1.54, 1.807) is 18.6 Å². The van der Waals surface area contributed by atoms with Crippen LogP contribution in [0.15, 0.2) is 29.1 Å². The maximum absolute atomic E-state index is 8.85. The van der Waals surface area contributed by atoms with Crippen LogP contribution < -0.4 is 4.90 Å². The van der Waals surface area contributed by atoms with Gasteiger partial charge in [0.15, 0.2) is 0 Å². The number of aromatic nitrogens is 2. The Balaban J connectivity index is 2.22. The van der Waals surface area contributed by atoms with E-state index in [9.17, 15) is 0 Å². The summed E-state index contributed by atoms with van der Waals surface area (Å²) < 4.78 is 5.00. The summed E-state index contributed by atoms with van der Waals surface area (Å²) in [6, 6.07) is 5.57. The molecule has 0 saturated carbocycles. The number of aryl methyl sites for hydroxylation is 1. The average molecular weight is 228 g/mol. The summed E-state index contributed by atoms with van der Waals surface area (Å²) in [4.78, 5) is 10.3. The first kappa shape index (κ1) is 11.1. The Labute approximate surface area is 99.3 Å². The zero-order valence-electron chi connectivity index (χ0n) is 9.71. The summed E-state index contributed by atoms with van der Waals surface area (Å²) in [5, 5.41) is 8.85.